The van der Waals surface area contributed by atoms with Crippen LogP contribution in [-0.4, -0.2) is 48.6 Å². The average molecular weight is 284 g/mol. The number of carbonyl (C=O) groups excluding carboxylic acids is 2. The van der Waals surface area contributed by atoms with Crippen LogP contribution in [0.25, 0.3) is 0 Å². The molecular weight excluding hydrogens is 256 g/mol. The summed E-state index contributed by atoms with van der Waals surface area (Å²) in [6.07, 6.45) is 2.19. The summed E-state index contributed by atoms with van der Waals surface area (Å²) in [6.45, 7) is 8.54. The van der Waals surface area contributed by atoms with Gasteiger partial charge in [-0.2, -0.15) is 0 Å². The van der Waals surface area contributed by atoms with Gasteiger partial charge in [0, 0.05) is 7.11 Å². The number of carbonyl (C=O) groups is 2. The smallest absolute Gasteiger partial charge is 0.246 e. The third kappa shape index (κ3) is 3.51. The second kappa shape index (κ2) is 7.62. The van der Waals surface area contributed by atoms with E-state index in [1.54, 1.807) is 12.0 Å². The summed E-state index contributed by atoms with van der Waals surface area (Å²) in [7, 11) is 1.63. The normalized spacial score (nSPS) is 25.0. The molecule has 1 heterocycles. The molecule has 1 fully saturated rings. The van der Waals surface area contributed by atoms with Gasteiger partial charge in [0.15, 0.2) is 0 Å². The minimum atomic E-state index is -0.381. The lowest BCUT2D eigenvalue weighted by Crippen LogP contribution is -2.67. The summed E-state index contributed by atoms with van der Waals surface area (Å²) in [5.41, 5.74) is 0. The van der Waals surface area contributed by atoms with Crippen LogP contribution >= 0.6 is 0 Å². The molecule has 2 amide bonds. The van der Waals surface area contributed by atoms with Crippen LogP contribution in [0.5, 0.6) is 0 Å². The first kappa shape index (κ1) is 17.0. The number of ether oxygens (including phenoxy) is 1. The predicted octanol–water partition coefficient (Wildman–Crippen LogP) is 1.56. The first-order valence-electron chi connectivity index (χ1n) is 7.59. The molecule has 0 aromatic rings. The van der Waals surface area contributed by atoms with E-state index in [0.29, 0.717) is 19.4 Å². The van der Waals surface area contributed by atoms with E-state index in [1.807, 2.05) is 13.8 Å². The van der Waals surface area contributed by atoms with Gasteiger partial charge >= 0.3 is 0 Å². The molecule has 0 aromatic heterocycles. The Morgan fingerprint density at radius 2 is 1.95 bits per heavy atom. The van der Waals surface area contributed by atoms with Gasteiger partial charge in [0.25, 0.3) is 0 Å². The second-order valence-electron chi connectivity index (χ2n) is 5.79. The van der Waals surface area contributed by atoms with E-state index in [2.05, 4.69) is 19.2 Å². The number of nitrogens with zero attached hydrogens (tertiary/aromatic N) is 1. The number of nitrogens with one attached hydrogen (secondary N) is 1. The monoisotopic (exact) mass is 284 g/mol. The summed E-state index contributed by atoms with van der Waals surface area (Å²) in [4.78, 5) is 26.7. The molecule has 1 saturated heterocycles. The molecule has 0 bridgehead atoms. The lowest BCUT2D eigenvalue weighted by molar-refractivity contribution is -0.155. The highest BCUT2D eigenvalue weighted by molar-refractivity contribution is 5.97. The molecule has 1 aliphatic heterocycles. The maximum Gasteiger partial charge on any atom is 0.246 e. The number of methoxy groups -OCH3 is 1. The van der Waals surface area contributed by atoms with Crippen LogP contribution in [0, 0.1) is 5.92 Å². The third-order valence-electron chi connectivity index (χ3n) is 3.94. The predicted molar refractivity (Wildman–Crippen MR) is 78.3 cm³/mol. The lowest BCUT2D eigenvalue weighted by Gasteiger charge is -2.44. The van der Waals surface area contributed by atoms with Gasteiger partial charge in [0.05, 0.1) is 12.6 Å². The first-order chi connectivity index (χ1) is 9.47. The van der Waals surface area contributed by atoms with Crippen LogP contribution in [-0.2, 0) is 14.3 Å². The summed E-state index contributed by atoms with van der Waals surface area (Å²) in [5, 5.41) is 2.86. The topological polar surface area (TPSA) is 58.6 Å². The molecule has 0 radical (unpaired) electrons. The Morgan fingerprint density at radius 3 is 2.40 bits per heavy atom. The third-order valence-corrected chi connectivity index (χ3v) is 3.94. The highest BCUT2D eigenvalue weighted by Crippen LogP contribution is 2.23. The molecule has 20 heavy (non-hydrogen) atoms. The van der Waals surface area contributed by atoms with Crippen LogP contribution in [0.4, 0.5) is 0 Å². The van der Waals surface area contributed by atoms with E-state index in [1.165, 1.54) is 0 Å². The van der Waals surface area contributed by atoms with Gasteiger partial charge in [0.2, 0.25) is 11.8 Å². The lowest BCUT2D eigenvalue weighted by atomic mass is 9.95. The van der Waals surface area contributed by atoms with Crippen LogP contribution in [0.15, 0.2) is 0 Å². The van der Waals surface area contributed by atoms with E-state index in [9.17, 15) is 9.59 Å². The molecule has 0 aliphatic carbocycles. The first-order valence-corrected chi connectivity index (χ1v) is 7.59. The SMILES string of the molecule is CCCC1NC(=O)C(CC)N(C(COC)C(C)C)C1=O. The molecule has 3 unspecified atom stereocenters. The van der Waals surface area contributed by atoms with Crippen molar-refractivity contribution in [2.75, 3.05) is 13.7 Å². The fourth-order valence-corrected chi connectivity index (χ4v) is 2.82. The fraction of sp³-hybridized carbons (Fsp3) is 0.867. The van der Waals surface area contributed by atoms with E-state index in [0.717, 1.165) is 6.42 Å². The molecule has 0 aromatic carbocycles. The fourth-order valence-electron chi connectivity index (χ4n) is 2.82. The molecule has 116 valence electrons. The van der Waals surface area contributed by atoms with Crippen LogP contribution in [0.1, 0.15) is 47.0 Å². The quantitative estimate of drug-likeness (QED) is 0.772. The van der Waals surface area contributed by atoms with Crippen molar-refractivity contribution in [1.29, 1.82) is 0 Å². The van der Waals surface area contributed by atoms with Crippen molar-refractivity contribution in [3.05, 3.63) is 0 Å². The van der Waals surface area contributed by atoms with E-state index >= 15 is 0 Å². The second-order valence-corrected chi connectivity index (χ2v) is 5.79. The van der Waals surface area contributed by atoms with Crippen molar-refractivity contribution in [3.63, 3.8) is 0 Å². The van der Waals surface area contributed by atoms with Gasteiger partial charge in [0.1, 0.15) is 12.1 Å². The molecule has 0 spiro atoms. The largest absolute Gasteiger partial charge is 0.383 e. The van der Waals surface area contributed by atoms with Crippen molar-refractivity contribution >= 4 is 11.8 Å². The zero-order valence-electron chi connectivity index (χ0n) is 13.3. The molecule has 3 atom stereocenters. The summed E-state index contributed by atoms with van der Waals surface area (Å²) < 4.78 is 5.26. The minimum Gasteiger partial charge on any atom is -0.383 e. The standard InChI is InChI=1S/C15H28N2O3/c1-6-8-11-15(19)17(12(7-2)14(18)16-11)13(9-20-5)10(3)4/h10-13H,6-9H2,1-5H3,(H,16,18). The van der Waals surface area contributed by atoms with E-state index in [4.69, 9.17) is 4.74 Å². The molecule has 5 nitrogen and oxygen atoms in total. The highest BCUT2D eigenvalue weighted by atomic mass is 16.5. The Morgan fingerprint density at radius 1 is 1.30 bits per heavy atom. The molecule has 5 heteroatoms. The summed E-state index contributed by atoms with van der Waals surface area (Å²) in [5.74, 6) is 0.252. The number of rotatable bonds is 7. The molecule has 1 N–H and O–H groups in total. The van der Waals surface area contributed by atoms with Crippen molar-refractivity contribution in [3.8, 4) is 0 Å². The summed E-state index contributed by atoms with van der Waals surface area (Å²) in [6, 6.07) is -0.811. The number of amides is 2. The van der Waals surface area contributed by atoms with Crippen molar-refractivity contribution in [2.24, 2.45) is 5.92 Å². The van der Waals surface area contributed by atoms with Crippen LogP contribution < -0.4 is 5.32 Å². The minimum absolute atomic E-state index is 0.0349. The van der Waals surface area contributed by atoms with Gasteiger partial charge in [-0.15, -0.1) is 0 Å². The van der Waals surface area contributed by atoms with Gasteiger partial charge in [-0.05, 0) is 18.8 Å². The molecule has 1 rings (SSSR count). The molecule has 0 saturated carbocycles. The number of hydrogen-bond donors (Lipinski definition) is 1. The van der Waals surface area contributed by atoms with Gasteiger partial charge in [-0.1, -0.05) is 34.1 Å². The summed E-state index contributed by atoms with van der Waals surface area (Å²) >= 11 is 0. The van der Waals surface area contributed by atoms with Gasteiger partial charge in [-0.25, -0.2) is 0 Å². The number of hydrogen-bond acceptors (Lipinski definition) is 3. The van der Waals surface area contributed by atoms with Gasteiger partial charge < -0.3 is 15.0 Å². The van der Waals surface area contributed by atoms with Crippen LogP contribution in [0.2, 0.25) is 0 Å². The maximum absolute atomic E-state index is 12.7. The van der Waals surface area contributed by atoms with Crippen molar-refractivity contribution < 1.29 is 14.3 Å². The average Bonchev–Trinajstić information content (AvgIpc) is 2.40. The molecular formula is C15H28N2O3. The zero-order valence-corrected chi connectivity index (χ0v) is 13.3. The zero-order chi connectivity index (χ0) is 15.3. The molecule has 1 aliphatic rings. The van der Waals surface area contributed by atoms with Crippen LogP contribution in [0.3, 0.4) is 0 Å². The van der Waals surface area contributed by atoms with E-state index in [-0.39, 0.29) is 35.9 Å². The van der Waals surface area contributed by atoms with Gasteiger partial charge in [-0.3, -0.25) is 9.59 Å². The Bertz CT molecular complexity index is 344. The van der Waals surface area contributed by atoms with Crippen molar-refractivity contribution in [2.45, 2.75) is 65.1 Å². The Labute approximate surface area is 122 Å². The Balaban J connectivity index is 3.05. The maximum atomic E-state index is 12.7. The number of piperazine rings is 1. The van der Waals surface area contributed by atoms with Crippen molar-refractivity contribution in [1.82, 2.24) is 10.2 Å². The van der Waals surface area contributed by atoms with E-state index < -0.39 is 0 Å². The Hall–Kier alpha value is -1.10. The highest BCUT2D eigenvalue weighted by Gasteiger charge is 2.43. The Kier molecular flexibility index (Phi) is 6.46.